The normalized spacial score (nSPS) is 13.0. The van der Waals surface area contributed by atoms with E-state index in [2.05, 4.69) is 78.3 Å². The van der Waals surface area contributed by atoms with Gasteiger partial charge in [-0.25, -0.2) is 0 Å². The second-order valence-corrected chi connectivity index (χ2v) is 19.1. The lowest BCUT2D eigenvalue weighted by molar-refractivity contribution is 0.396. The zero-order valence-corrected chi connectivity index (χ0v) is 38.7. The Morgan fingerprint density at radius 3 is 1.07 bits per heavy atom. The van der Waals surface area contributed by atoms with Gasteiger partial charge in [0.1, 0.15) is 5.75 Å². The number of hydrogen-bond acceptors (Lipinski definition) is 1. The van der Waals surface area contributed by atoms with Crippen LogP contribution in [0.15, 0.2) is 65.1 Å². The van der Waals surface area contributed by atoms with Gasteiger partial charge in [-0.2, -0.15) is 0 Å². The van der Waals surface area contributed by atoms with Crippen LogP contribution in [0.2, 0.25) is 0 Å². The van der Waals surface area contributed by atoms with Crippen molar-refractivity contribution in [2.24, 2.45) is 0 Å². The lowest BCUT2D eigenvalue weighted by Crippen LogP contribution is -2.25. The van der Waals surface area contributed by atoms with Crippen LogP contribution in [0.25, 0.3) is 22.3 Å². The van der Waals surface area contributed by atoms with Crippen molar-refractivity contribution in [1.29, 1.82) is 0 Å². The Balaban J connectivity index is 1.26. The summed E-state index contributed by atoms with van der Waals surface area (Å²) < 4.78 is 1.20. The van der Waals surface area contributed by atoms with Crippen LogP contribution in [-0.4, -0.2) is 5.11 Å². The molecule has 0 spiro atoms. The summed E-state index contributed by atoms with van der Waals surface area (Å²) in [4.78, 5) is 0. The maximum Gasteiger partial charge on any atom is 0.115 e. The summed E-state index contributed by atoms with van der Waals surface area (Å²) in [7, 11) is 0. The van der Waals surface area contributed by atoms with Gasteiger partial charge in [0.25, 0.3) is 0 Å². The van der Waals surface area contributed by atoms with Gasteiger partial charge < -0.3 is 5.11 Å². The third kappa shape index (κ3) is 17.2. The number of unbranched alkanes of at least 4 members (excludes halogenated alkanes) is 30. The largest absolute Gasteiger partial charge is 0.508 e. The summed E-state index contributed by atoms with van der Waals surface area (Å²) >= 11 is 3.90. The fraction of sp³-hybridized carbons (Fsp3) is 0.673. The van der Waals surface area contributed by atoms with E-state index in [0.717, 1.165) is 0 Å². The minimum Gasteiger partial charge on any atom is -0.508 e. The molecule has 1 nitrogen and oxygen atoms in total. The smallest absolute Gasteiger partial charge is 0.115 e. The second-order valence-electron chi connectivity index (χ2n) is 18.2. The predicted molar refractivity (Wildman–Crippen MR) is 256 cm³/mol. The van der Waals surface area contributed by atoms with Gasteiger partial charge in [0.15, 0.2) is 0 Å². The van der Waals surface area contributed by atoms with Crippen LogP contribution in [0.4, 0.5) is 0 Å². The minimum absolute atomic E-state index is 0.0629. The van der Waals surface area contributed by atoms with Gasteiger partial charge >= 0.3 is 0 Å². The molecule has 0 amide bonds. The molecule has 0 aromatic heterocycles. The van der Waals surface area contributed by atoms with E-state index in [0.29, 0.717) is 5.75 Å². The molecule has 1 aliphatic rings. The highest BCUT2D eigenvalue weighted by molar-refractivity contribution is 9.10. The Bertz CT molecular complexity index is 1420. The molecular weight excluding hydrogens is 757 g/mol. The summed E-state index contributed by atoms with van der Waals surface area (Å²) in [6, 6.07) is 22.1. The molecular formula is C55H85BrO. The van der Waals surface area contributed by atoms with E-state index in [4.69, 9.17) is 0 Å². The van der Waals surface area contributed by atoms with Crippen molar-refractivity contribution in [2.75, 3.05) is 0 Å². The Morgan fingerprint density at radius 1 is 0.368 bits per heavy atom. The first-order valence-electron chi connectivity index (χ1n) is 24.8. The van der Waals surface area contributed by atoms with Gasteiger partial charge in [-0.3, -0.25) is 0 Å². The van der Waals surface area contributed by atoms with E-state index < -0.39 is 0 Å². The van der Waals surface area contributed by atoms with Crippen molar-refractivity contribution in [1.82, 2.24) is 0 Å². The Labute approximate surface area is 361 Å². The average molecular weight is 842 g/mol. The number of halogens is 1. The SMILES string of the molecule is CCCCCCCCCCCCCCCCCCC1(CCCCCCCCCCCCCCCCCC)c2cc(Br)ccc2-c2ccc(-c3ccc(O)cc3)cc21. The van der Waals surface area contributed by atoms with Crippen LogP contribution in [0.3, 0.4) is 0 Å². The third-order valence-electron chi connectivity index (χ3n) is 13.4. The number of phenols is 1. The highest BCUT2D eigenvalue weighted by Gasteiger charge is 2.42. The topological polar surface area (TPSA) is 20.2 Å². The molecule has 1 N–H and O–H groups in total. The molecule has 318 valence electrons. The molecule has 2 heteroatoms. The van der Waals surface area contributed by atoms with Crippen LogP contribution in [0.5, 0.6) is 5.75 Å². The lowest BCUT2D eigenvalue weighted by atomic mass is 9.70. The third-order valence-corrected chi connectivity index (χ3v) is 13.9. The highest BCUT2D eigenvalue weighted by Crippen LogP contribution is 2.55. The summed E-state index contributed by atoms with van der Waals surface area (Å²) in [6.07, 6.45) is 47.7. The zero-order valence-electron chi connectivity index (χ0n) is 37.1. The van der Waals surface area contributed by atoms with Crippen LogP contribution in [0.1, 0.15) is 243 Å². The molecule has 3 aromatic carbocycles. The molecule has 4 rings (SSSR count). The molecule has 0 radical (unpaired) electrons. The first-order chi connectivity index (χ1) is 28.1. The van der Waals surface area contributed by atoms with Crippen molar-refractivity contribution in [2.45, 2.75) is 238 Å². The average Bonchev–Trinajstić information content (AvgIpc) is 3.48. The van der Waals surface area contributed by atoms with Crippen molar-refractivity contribution >= 4 is 15.9 Å². The fourth-order valence-electron chi connectivity index (χ4n) is 9.91. The van der Waals surface area contributed by atoms with E-state index in [1.165, 1.54) is 245 Å². The van der Waals surface area contributed by atoms with E-state index in [1.807, 2.05) is 12.1 Å². The molecule has 0 heterocycles. The Kier molecular flexibility index (Phi) is 24.4. The van der Waals surface area contributed by atoms with E-state index in [9.17, 15) is 5.11 Å². The number of phenolic OH excluding ortho intramolecular Hbond substituents is 1. The van der Waals surface area contributed by atoms with Gasteiger partial charge in [0.2, 0.25) is 0 Å². The molecule has 0 saturated carbocycles. The van der Waals surface area contributed by atoms with Crippen LogP contribution >= 0.6 is 15.9 Å². The first-order valence-corrected chi connectivity index (χ1v) is 25.6. The lowest BCUT2D eigenvalue weighted by Gasteiger charge is -2.33. The maximum absolute atomic E-state index is 10.0. The molecule has 0 fully saturated rings. The highest BCUT2D eigenvalue weighted by atomic mass is 79.9. The number of fused-ring (bicyclic) bond motifs is 3. The van der Waals surface area contributed by atoms with Gasteiger partial charge in [0.05, 0.1) is 0 Å². The van der Waals surface area contributed by atoms with Crippen LogP contribution in [-0.2, 0) is 5.41 Å². The van der Waals surface area contributed by atoms with E-state index in [1.54, 1.807) is 11.1 Å². The number of rotatable bonds is 35. The zero-order chi connectivity index (χ0) is 40.2. The van der Waals surface area contributed by atoms with Crippen LogP contribution < -0.4 is 0 Å². The molecule has 0 bridgehead atoms. The summed E-state index contributed by atoms with van der Waals surface area (Å²) in [5.41, 5.74) is 8.49. The molecule has 1 aliphatic carbocycles. The molecule has 0 aliphatic heterocycles. The summed E-state index contributed by atoms with van der Waals surface area (Å²) in [6.45, 7) is 4.62. The van der Waals surface area contributed by atoms with E-state index >= 15 is 0 Å². The Hall–Kier alpha value is -2.06. The van der Waals surface area contributed by atoms with Crippen LogP contribution in [0, 0.1) is 0 Å². The van der Waals surface area contributed by atoms with Gasteiger partial charge in [-0.05, 0) is 76.6 Å². The quantitative estimate of drug-likeness (QED) is 0.0585. The number of hydrogen-bond donors (Lipinski definition) is 1. The molecule has 0 atom stereocenters. The molecule has 57 heavy (non-hydrogen) atoms. The van der Waals surface area contributed by atoms with Crippen molar-refractivity contribution in [3.8, 4) is 28.0 Å². The Morgan fingerprint density at radius 2 is 0.684 bits per heavy atom. The maximum atomic E-state index is 10.0. The molecule has 0 saturated heterocycles. The summed E-state index contributed by atoms with van der Waals surface area (Å²) in [5.74, 6) is 0.332. The van der Waals surface area contributed by atoms with E-state index in [-0.39, 0.29) is 5.41 Å². The molecule has 0 unspecified atom stereocenters. The van der Waals surface area contributed by atoms with Gasteiger partial charge in [-0.15, -0.1) is 0 Å². The predicted octanol–water partition coefficient (Wildman–Crippen LogP) is 19.4. The number of aromatic hydroxyl groups is 1. The summed E-state index contributed by atoms with van der Waals surface area (Å²) in [5, 5.41) is 10.0. The standard InChI is InChI=1S/C55H85BrO/c1-3-5-7-9-11-13-15-17-19-21-23-25-27-29-31-33-43-55(44-34-32-30-28-26-24-22-20-18-16-14-12-10-8-6-4-2)53-45-48(47-35-39-50(57)40-36-47)37-41-51(53)52-42-38-49(56)46-54(52)55/h35-42,45-46,57H,3-34,43-44H2,1-2H3. The van der Waals surface area contributed by atoms with Crippen molar-refractivity contribution in [3.05, 3.63) is 76.3 Å². The molecule has 3 aromatic rings. The number of benzene rings is 3. The second kappa shape index (κ2) is 29.2. The van der Waals surface area contributed by atoms with Crippen molar-refractivity contribution < 1.29 is 5.11 Å². The monoisotopic (exact) mass is 841 g/mol. The van der Waals surface area contributed by atoms with Crippen molar-refractivity contribution in [3.63, 3.8) is 0 Å². The minimum atomic E-state index is 0.0629. The van der Waals surface area contributed by atoms with Gasteiger partial charge in [0, 0.05) is 9.89 Å². The first kappa shape index (κ1) is 47.6. The fourth-order valence-corrected chi connectivity index (χ4v) is 10.3. The van der Waals surface area contributed by atoms with Gasteiger partial charge in [-0.1, -0.05) is 266 Å².